The molecule has 2 unspecified atom stereocenters. The van der Waals surface area contributed by atoms with E-state index in [0.717, 1.165) is 19.3 Å². The number of hydrogen-bond acceptors (Lipinski definition) is 1. The van der Waals surface area contributed by atoms with E-state index < -0.39 is 0 Å². The fraction of sp³-hybridized carbons (Fsp3) is 0.778. The zero-order valence-corrected chi connectivity index (χ0v) is 12.9. The molecule has 0 aliphatic carbocycles. The molecule has 0 spiro atoms. The van der Waals surface area contributed by atoms with Gasteiger partial charge in [-0.05, 0) is 32.1 Å². The van der Waals surface area contributed by atoms with E-state index in [-0.39, 0.29) is 0 Å². The lowest BCUT2D eigenvalue weighted by atomic mass is 10.1. The van der Waals surface area contributed by atoms with Crippen LogP contribution in [0.4, 0.5) is 0 Å². The predicted molar refractivity (Wildman–Crippen MR) is 84.5 cm³/mol. The number of ether oxygens (including phenoxy) is 1. The third kappa shape index (κ3) is 9.04. The van der Waals surface area contributed by atoms with Crippen molar-refractivity contribution in [2.45, 2.75) is 90.3 Å². The van der Waals surface area contributed by atoms with Gasteiger partial charge in [0.25, 0.3) is 0 Å². The SMILES string of the molecule is CCC=CCC1OC1CC=CCCCCCCCC. The molecule has 0 amide bonds. The molecule has 1 rings (SSSR count). The summed E-state index contributed by atoms with van der Waals surface area (Å²) in [5.74, 6) is 0. The van der Waals surface area contributed by atoms with Crippen molar-refractivity contribution < 1.29 is 4.74 Å². The van der Waals surface area contributed by atoms with Crippen LogP contribution in [0, 0.1) is 0 Å². The van der Waals surface area contributed by atoms with Crippen molar-refractivity contribution in [2.24, 2.45) is 0 Å². The smallest absolute Gasteiger partial charge is 0.0879 e. The second-order valence-electron chi connectivity index (χ2n) is 5.59. The Balaban J connectivity index is 1.85. The van der Waals surface area contributed by atoms with E-state index >= 15 is 0 Å². The first-order valence-corrected chi connectivity index (χ1v) is 8.34. The summed E-state index contributed by atoms with van der Waals surface area (Å²) < 4.78 is 5.63. The van der Waals surface area contributed by atoms with Crippen LogP contribution in [0.15, 0.2) is 24.3 Å². The summed E-state index contributed by atoms with van der Waals surface area (Å²) in [5.41, 5.74) is 0. The molecule has 0 aromatic carbocycles. The maximum atomic E-state index is 5.63. The van der Waals surface area contributed by atoms with Crippen molar-refractivity contribution in [1.82, 2.24) is 0 Å². The van der Waals surface area contributed by atoms with Crippen LogP contribution >= 0.6 is 0 Å². The summed E-state index contributed by atoms with van der Waals surface area (Å²) in [6, 6.07) is 0. The Morgan fingerprint density at radius 2 is 1.37 bits per heavy atom. The second kappa shape index (κ2) is 11.3. The first-order chi connectivity index (χ1) is 9.38. The molecule has 0 radical (unpaired) electrons. The maximum Gasteiger partial charge on any atom is 0.0879 e. The van der Waals surface area contributed by atoms with Crippen LogP contribution < -0.4 is 0 Å². The lowest BCUT2D eigenvalue weighted by Crippen LogP contribution is -1.90. The average molecular weight is 264 g/mol. The molecule has 1 aliphatic heterocycles. The van der Waals surface area contributed by atoms with Crippen molar-refractivity contribution in [3.63, 3.8) is 0 Å². The van der Waals surface area contributed by atoms with E-state index in [0.29, 0.717) is 12.2 Å². The van der Waals surface area contributed by atoms with Crippen molar-refractivity contribution in [3.8, 4) is 0 Å². The lowest BCUT2D eigenvalue weighted by molar-refractivity contribution is 0.372. The van der Waals surface area contributed by atoms with Crippen molar-refractivity contribution in [1.29, 1.82) is 0 Å². The maximum absolute atomic E-state index is 5.63. The van der Waals surface area contributed by atoms with Gasteiger partial charge in [-0.3, -0.25) is 0 Å². The van der Waals surface area contributed by atoms with Crippen LogP contribution in [0.3, 0.4) is 0 Å². The van der Waals surface area contributed by atoms with Crippen LogP contribution in [0.2, 0.25) is 0 Å². The number of epoxide rings is 1. The third-order valence-corrected chi connectivity index (χ3v) is 3.72. The number of allylic oxidation sites excluding steroid dienone is 2. The summed E-state index contributed by atoms with van der Waals surface area (Å²) in [5, 5.41) is 0. The highest BCUT2D eigenvalue weighted by atomic mass is 16.6. The van der Waals surface area contributed by atoms with Crippen LogP contribution in [0.1, 0.15) is 78.1 Å². The van der Waals surface area contributed by atoms with Gasteiger partial charge in [0.1, 0.15) is 0 Å². The number of unbranched alkanes of at least 4 members (excludes halogenated alkanes) is 6. The highest BCUT2D eigenvalue weighted by Gasteiger charge is 2.35. The predicted octanol–water partition coefficient (Wildman–Crippen LogP) is 5.81. The molecule has 1 heteroatoms. The summed E-state index contributed by atoms with van der Waals surface area (Å²) in [7, 11) is 0. The summed E-state index contributed by atoms with van der Waals surface area (Å²) in [6.45, 7) is 4.45. The van der Waals surface area contributed by atoms with Gasteiger partial charge >= 0.3 is 0 Å². The molecule has 1 aliphatic rings. The molecular weight excluding hydrogens is 232 g/mol. The zero-order valence-electron chi connectivity index (χ0n) is 12.9. The minimum Gasteiger partial charge on any atom is -0.369 e. The summed E-state index contributed by atoms with van der Waals surface area (Å²) in [4.78, 5) is 0. The summed E-state index contributed by atoms with van der Waals surface area (Å²) in [6.07, 6.45) is 23.1. The van der Waals surface area contributed by atoms with Crippen LogP contribution in [0.25, 0.3) is 0 Å². The summed E-state index contributed by atoms with van der Waals surface area (Å²) >= 11 is 0. The molecule has 2 atom stereocenters. The standard InChI is InChI=1S/C18H32O/c1-3-5-7-8-9-10-11-12-14-16-18-17(19-18)15-13-6-4-2/h6,12-14,17-18H,3-5,7-11,15-16H2,1-2H3. The molecule has 0 saturated carbocycles. The van der Waals surface area contributed by atoms with E-state index in [4.69, 9.17) is 4.74 Å². The van der Waals surface area contributed by atoms with Crippen molar-refractivity contribution in [2.75, 3.05) is 0 Å². The van der Waals surface area contributed by atoms with Gasteiger partial charge < -0.3 is 4.74 Å². The molecule has 1 fully saturated rings. The van der Waals surface area contributed by atoms with Gasteiger partial charge in [-0.25, -0.2) is 0 Å². The van der Waals surface area contributed by atoms with E-state index in [2.05, 4.69) is 38.2 Å². The molecule has 110 valence electrons. The minimum atomic E-state index is 0.501. The fourth-order valence-corrected chi connectivity index (χ4v) is 2.38. The van der Waals surface area contributed by atoms with E-state index in [1.54, 1.807) is 0 Å². The number of hydrogen-bond donors (Lipinski definition) is 0. The Bertz CT molecular complexity index is 254. The van der Waals surface area contributed by atoms with Crippen molar-refractivity contribution in [3.05, 3.63) is 24.3 Å². The Kier molecular flexibility index (Phi) is 9.79. The van der Waals surface area contributed by atoms with Gasteiger partial charge in [0.2, 0.25) is 0 Å². The van der Waals surface area contributed by atoms with Gasteiger partial charge in [-0.1, -0.05) is 70.3 Å². The van der Waals surface area contributed by atoms with E-state index in [1.807, 2.05) is 0 Å². The average Bonchev–Trinajstić information content (AvgIpc) is 3.16. The normalized spacial score (nSPS) is 22.6. The molecule has 1 nitrogen and oxygen atoms in total. The van der Waals surface area contributed by atoms with Gasteiger partial charge in [0.15, 0.2) is 0 Å². The largest absolute Gasteiger partial charge is 0.369 e. The van der Waals surface area contributed by atoms with Crippen LogP contribution in [0.5, 0.6) is 0 Å². The molecule has 1 saturated heterocycles. The Labute approximate surface area is 120 Å². The molecule has 0 bridgehead atoms. The first-order valence-electron chi connectivity index (χ1n) is 8.34. The van der Waals surface area contributed by atoms with Crippen LogP contribution in [-0.4, -0.2) is 12.2 Å². The van der Waals surface area contributed by atoms with Gasteiger partial charge in [0, 0.05) is 0 Å². The van der Waals surface area contributed by atoms with E-state index in [1.165, 1.54) is 44.9 Å². The fourth-order valence-electron chi connectivity index (χ4n) is 2.38. The Hall–Kier alpha value is -0.560. The highest BCUT2D eigenvalue weighted by molar-refractivity contribution is 4.97. The topological polar surface area (TPSA) is 12.5 Å². The molecule has 1 heterocycles. The van der Waals surface area contributed by atoms with Gasteiger partial charge in [-0.2, -0.15) is 0 Å². The minimum absolute atomic E-state index is 0.501. The second-order valence-corrected chi connectivity index (χ2v) is 5.59. The lowest BCUT2D eigenvalue weighted by Gasteiger charge is -1.97. The molecule has 0 N–H and O–H groups in total. The van der Waals surface area contributed by atoms with Gasteiger partial charge in [0.05, 0.1) is 12.2 Å². The van der Waals surface area contributed by atoms with Crippen LogP contribution in [-0.2, 0) is 4.74 Å². The quantitative estimate of drug-likeness (QED) is 0.246. The monoisotopic (exact) mass is 264 g/mol. The molecule has 0 aromatic heterocycles. The van der Waals surface area contributed by atoms with Crippen molar-refractivity contribution >= 4 is 0 Å². The molecule has 0 aromatic rings. The zero-order chi connectivity index (χ0) is 13.8. The Morgan fingerprint density at radius 3 is 2.05 bits per heavy atom. The third-order valence-electron chi connectivity index (χ3n) is 3.72. The Morgan fingerprint density at radius 1 is 0.737 bits per heavy atom. The first kappa shape index (κ1) is 16.5. The van der Waals surface area contributed by atoms with Gasteiger partial charge in [-0.15, -0.1) is 0 Å². The molecule has 19 heavy (non-hydrogen) atoms. The van der Waals surface area contributed by atoms with E-state index in [9.17, 15) is 0 Å². The molecular formula is C18H32O. The highest BCUT2D eigenvalue weighted by Crippen LogP contribution is 2.29. The number of rotatable bonds is 12.